The second-order valence-corrected chi connectivity index (χ2v) is 3.72. The van der Waals surface area contributed by atoms with Gasteiger partial charge in [-0.15, -0.1) is 0 Å². The largest absolute Gasteiger partial charge is 0.354 e. The summed E-state index contributed by atoms with van der Waals surface area (Å²) in [6, 6.07) is 0.561. The molecule has 0 amide bonds. The standard InChI is InChI=1S/C10H16N4/c1-8-10(13-6-5-12-8)14(2)9-3-4-11-7-9/h5-6,9,11H,3-4,7H2,1-2H3. The first-order chi connectivity index (χ1) is 6.79. The maximum absolute atomic E-state index is 4.36. The molecule has 0 radical (unpaired) electrons. The number of nitrogens with zero attached hydrogens (tertiary/aromatic N) is 3. The molecule has 1 fully saturated rings. The van der Waals surface area contributed by atoms with E-state index in [1.807, 2.05) is 6.92 Å². The Balaban J connectivity index is 2.17. The van der Waals surface area contributed by atoms with E-state index in [0.717, 1.165) is 24.6 Å². The predicted molar refractivity (Wildman–Crippen MR) is 56.4 cm³/mol. The van der Waals surface area contributed by atoms with E-state index >= 15 is 0 Å². The topological polar surface area (TPSA) is 41.1 Å². The Hall–Kier alpha value is -1.16. The summed E-state index contributed by atoms with van der Waals surface area (Å²) in [7, 11) is 2.09. The smallest absolute Gasteiger partial charge is 0.150 e. The Morgan fingerprint density at radius 2 is 2.21 bits per heavy atom. The summed E-state index contributed by atoms with van der Waals surface area (Å²) >= 11 is 0. The number of aromatic nitrogens is 2. The third-order valence-corrected chi connectivity index (χ3v) is 2.77. The van der Waals surface area contributed by atoms with Crippen LogP contribution in [0.4, 0.5) is 5.82 Å². The summed E-state index contributed by atoms with van der Waals surface area (Å²) in [5.41, 5.74) is 1.00. The van der Waals surface area contributed by atoms with Gasteiger partial charge in [0.25, 0.3) is 0 Å². The fourth-order valence-electron chi connectivity index (χ4n) is 1.89. The van der Waals surface area contributed by atoms with Crippen LogP contribution in [0.2, 0.25) is 0 Å². The van der Waals surface area contributed by atoms with Gasteiger partial charge in [0, 0.05) is 32.0 Å². The fourth-order valence-corrected chi connectivity index (χ4v) is 1.89. The Morgan fingerprint density at radius 3 is 2.86 bits per heavy atom. The Labute approximate surface area is 84.4 Å². The average Bonchev–Trinajstić information content (AvgIpc) is 2.70. The molecule has 1 aliphatic heterocycles. The maximum Gasteiger partial charge on any atom is 0.150 e. The minimum absolute atomic E-state index is 0.561. The lowest BCUT2D eigenvalue weighted by Gasteiger charge is -2.25. The summed E-state index contributed by atoms with van der Waals surface area (Å²) in [5.74, 6) is 1.00. The number of rotatable bonds is 2. The van der Waals surface area contributed by atoms with Crippen LogP contribution in [0.3, 0.4) is 0 Å². The third-order valence-electron chi connectivity index (χ3n) is 2.77. The Bertz CT molecular complexity index is 307. The second kappa shape index (κ2) is 3.92. The maximum atomic E-state index is 4.36. The number of likely N-dealkylation sites (N-methyl/N-ethyl adjacent to an activating group) is 1. The lowest BCUT2D eigenvalue weighted by molar-refractivity contribution is 0.673. The normalized spacial score (nSPS) is 21.1. The first kappa shape index (κ1) is 9.40. The molecule has 0 saturated carbocycles. The van der Waals surface area contributed by atoms with Crippen molar-refractivity contribution in [1.29, 1.82) is 0 Å². The van der Waals surface area contributed by atoms with Crippen molar-refractivity contribution in [3.05, 3.63) is 18.1 Å². The zero-order chi connectivity index (χ0) is 9.97. The molecule has 1 aromatic rings. The molecule has 0 bridgehead atoms. The molecule has 0 aromatic carbocycles. The predicted octanol–water partition coefficient (Wildman–Crippen LogP) is 0.583. The van der Waals surface area contributed by atoms with E-state index in [-0.39, 0.29) is 0 Å². The van der Waals surface area contributed by atoms with Gasteiger partial charge in [-0.25, -0.2) is 4.98 Å². The summed E-state index contributed by atoms with van der Waals surface area (Å²) in [6.45, 7) is 4.15. The van der Waals surface area contributed by atoms with Crippen LogP contribution in [-0.2, 0) is 0 Å². The van der Waals surface area contributed by atoms with Gasteiger partial charge >= 0.3 is 0 Å². The van der Waals surface area contributed by atoms with Gasteiger partial charge in [0.05, 0.1) is 5.69 Å². The van der Waals surface area contributed by atoms with E-state index in [1.54, 1.807) is 12.4 Å². The molecular formula is C10H16N4. The SMILES string of the molecule is Cc1nccnc1N(C)C1CCNC1. The quantitative estimate of drug-likeness (QED) is 0.744. The molecule has 0 spiro atoms. The van der Waals surface area contributed by atoms with E-state index < -0.39 is 0 Å². The number of aryl methyl sites for hydroxylation is 1. The molecule has 1 unspecified atom stereocenters. The molecule has 14 heavy (non-hydrogen) atoms. The van der Waals surface area contributed by atoms with Gasteiger partial charge < -0.3 is 10.2 Å². The lowest BCUT2D eigenvalue weighted by Crippen LogP contribution is -2.34. The van der Waals surface area contributed by atoms with Crippen molar-refractivity contribution in [3.63, 3.8) is 0 Å². The number of hydrogen-bond acceptors (Lipinski definition) is 4. The molecule has 4 nitrogen and oxygen atoms in total. The van der Waals surface area contributed by atoms with Gasteiger partial charge in [-0.05, 0) is 19.9 Å². The highest BCUT2D eigenvalue weighted by Gasteiger charge is 2.21. The van der Waals surface area contributed by atoms with Crippen molar-refractivity contribution in [3.8, 4) is 0 Å². The van der Waals surface area contributed by atoms with Crippen LogP contribution in [0.1, 0.15) is 12.1 Å². The van der Waals surface area contributed by atoms with Gasteiger partial charge in [-0.2, -0.15) is 0 Å². The van der Waals surface area contributed by atoms with E-state index in [9.17, 15) is 0 Å². The van der Waals surface area contributed by atoms with Crippen LogP contribution in [0.15, 0.2) is 12.4 Å². The molecule has 1 aromatic heterocycles. The number of nitrogens with one attached hydrogen (secondary N) is 1. The molecule has 1 aliphatic rings. The average molecular weight is 192 g/mol. The van der Waals surface area contributed by atoms with Crippen LogP contribution in [0, 0.1) is 6.92 Å². The lowest BCUT2D eigenvalue weighted by atomic mass is 10.2. The minimum Gasteiger partial charge on any atom is -0.354 e. The van der Waals surface area contributed by atoms with Crippen LogP contribution >= 0.6 is 0 Å². The molecule has 1 saturated heterocycles. The molecule has 4 heteroatoms. The van der Waals surface area contributed by atoms with E-state index in [1.165, 1.54) is 6.42 Å². The summed E-state index contributed by atoms with van der Waals surface area (Å²) in [6.07, 6.45) is 4.67. The minimum atomic E-state index is 0.561. The van der Waals surface area contributed by atoms with Gasteiger partial charge in [0.15, 0.2) is 0 Å². The number of anilines is 1. The van der Waals surface area contributed by atoms with Crippen LogP contribution in [0.25, 0.3) is 0 Å². The molecule has 0 aliphatic carbocycles. The van der Waals surface area contributed by atoms with Gasteiger partial charge in [-0.1, -0.05) is 0 Å². The van der Waals surface area contributed by atoms with E-state index in [4.69, 9.17) is 0 Å². The summed E-state index contributed by atoms with van der Waals surface area (Å²) < 4.78 is 0. The highest BCUT2D eigenvalue weighted by molar-refractivity contribution is 5.42. The van der Waals surface area contributed by atoms with E-state index in [0.29, 0.717) is 6.04 Å². The molecular weight excluding hydrogens is 176 g/mol. The second-order valence-electron chi connectivity index (χ2n) is 3.72. The monoisotopic (exact) mass is 192 g/mol. The highest BCUT2D eigenvalue weighted by atomic mass is 15.2. The van der Waals surface area contributed by atoms with Crippen molar-refractivity contribution in [1.82, 2.24) is 15.3 Å². The fraction of sp³-hybridized carbons (Fsp3) is 0.600. The highest BCUT2D eigenvalue weighted by Crippen LogP contribution is 2.17. The van der Waals surface area contributed by atoms with Gasteiger partial charge in [0.2, 0.25) is 0 Å². The molecule has 76 valence electrons. The first-order valence-electron chi connectivity index (χ1n) is 5.00. The molecule has 2 rings (SSSR count). The zero-order valence-corrected chi connectivity index (χ0v) is 8.70. The van der Waals surface area contributed by atoms with Crippen molar-refractivity contribution in [2.75, 3.05) is 25.0 Å². The van der Waals surface area contributed by atoms with Crippen molar-refractivity contribution in [2.24, 2.45) is 0 Å². The van der Waals surface area contributed by atoms with Gasteiger partial charge in [-0.3, -0.25) is 4.98 Å². The molecule has 1 atom stereocenters. The van der Waals surface area contributed by atoms with Crippen molar-refractivity contribution >= 4 is 5.82 Å². The Kier molecular flexibility index (Phi) is 2.63. The van der Waals surface area contributed by atoms with Crippen LogP contribution in [-0.4, -0.2) is 36.1 Å². The Morgan fingerprint density at radius 1 is 1.43 bits per heavy atom. The summed E-state index contributed by atoms with van der Waals surface area (Å²) in [5, 5.41) is 3.35. The van der Waals surface area contributed by atoms with Crippen LogP contribution < -0.4 is 10.2 Å². The summed E-state index contributed by atoms with van der Waals surface area (Å²) in [4.78, 5) is 10.8. The van der Waals surface area contributed by atoms with Crippen molar-refractivity contribution in [2.45, 2.75) is 19.4 Å². The van der Waals surface area contributed by atoms with E-state index in [2.05, 4.69) is 27.2 Å². The molecule has 1 N–H and O–H groups in total. The third kappa shape index (κ3) is 1.70. The zero-order valence-electron chi connectivity index (χ0n) is 8.70. The number of hydrogen-bond donors (Lipinski definition) is 1. The first-order valence-corrected chi connectivity index (χ1v) is 5.00. The molecule has 2 heterocycles. The van der Waals surface area contributed by atoms with Crippen LogP contribution in [0.5, 0.6) is 0 Å². The van der Waals surface area contributed by atoms with Gasteiger partial charge in [0.1, 0.15) is 5.82 Å². The van der Waals surface area contributed by atoms with Crippen molar-refractivity contribution < 1.29 is 0 Å².